The lowest BCUT2D eigenvalue weighted by atomic mass is 9.62. The number of aliphatic hydroxyl groups excluding tert-OH is 1. The first kappa shape index (κ1) is 14.0. The molecule has 0 amide bonds. The van der Waals surface area contributed by atoms with Crippen molar-refractivity contribution in [3.8, 4) is 0 Å². The second-order valence-electron chi connectivity index (χ2n) is 6.46. The van der Waals surface area contributed by atoms with Crippen molar-refractivity contribution in [2.24, 2.45) is 17.3 Å². The van der Waals surface area contributed by atoms with Gasteiger partial charge in [-0.25, -0.2) is 0 Å². The van der Waals surface area contributed by atoms with Gasteiger partial charge in [0.2, 0.25) is 0 Å². The molecule has 0 bridgehead atoms. The third kappa shape index (κ3) is 3.76. The highest BCUT2D eigenvalue weighted by Gasteiger charge is 2.35. The van der Waals surface area contributed by atoms with Gasteiger partial charge in [0, 0.05) is 0 Å². The SMILES string of the molecule is CCC(O)CCC[C@@H]1[C@@H](C)CCCC1(C)C. The monoisotopic (exact) mass is 226 g/mol. The molecule has 0 saturated heterocycles. The molecule has 96 valence electrons. The Morgan fingerprint density at radius 3 is 2.62 bits per heavy atom. The van der Waals surface area contributed by atoms with Crippen LogP contribution < -0.4 is 0 Å². The van der Waals surface area contributed by atoms with E-state index in [0.717, 1.165) is 24.7 Å². The summed E-state index contributed by atoms with van der Waals surface area (Å²) in [6.07, 6.45) is 8.55. The molecule has 1 nitrogen and oxygen atoms in total. The van der Waals surface area contributed by atoms with Crippen LogP contribution in [0.5, 0.6) is 0 Å². The summed E-state index contributed by atoms with van der Waals surface area (Å²) in [7, 11) is 0. The van der Waals surface area contributed by atoms with Crippen LogP contribution >= 0.6 is 0 Å². The zero-order valence-corrected chi connectivity index (χ0v) is 11.6. The van der Waals surface area contributed by atoms with Crippen LogP contribution in [0.25, 0.3) is 0 Å². The fraction of sp³-hybridized carbons (Fsp3) is 1.00. The van der Waals surface area contributed by atoms with Gasteiger partial charge in [-0.2, -0.15) is 0 Å². The maximum absolute atomic E-state index is 9.58. The van der Waals surface area contributed by atoms with Gasteiger partial charge in [-0.15, -0.1) is 0 Å². The zero-order chi connectivity index (χ0) is 12.2. The first-order valence-electron chi connectivity index (χ1n) is 7.15. The molecule has 1 aliphatic rings. The van der Waals surface area contributed by atoms with Gasteiger partial charge >= 0.3 is 0 Å². The van der Waals surface area contributed by atoms with Gasteiger partial charge in [0.05, 0.1) is 6.10 Å². The van der Waals surface area contributed by atoms with Gasteiger partial charge in [0.15, 0.2) is 0 Å². The van der Waals surface area contributed by atoms with Crippen LogP contribution in [0.2, 0.25) is 0 Å². The smallest absolute Gasteiger partial charge is 0.0537 e. The zero-order valence-electron chi connectivity index (χ0n) is 11.6. The molecule has 1 heteroatoms. The van der Waals surface area contributed by atoms with Gasteiger partial charge in [-0.3, -0.25) is 0 Å². The largest absolute Gasteiger partial charge is 0.393 e. The quantitative estimate of drug-likeness (QED) is 0.737. The minimum absolute atomic E-state index is 0.0676. The van der Waals surface area contributed by atoms with Crippen molar-refractivity contribution in [1.82, 2.24) is 0 Å². The first-order chi connectivity index (χ1) is 7.47. The number of hydrogen-bond acceptors (Lipinski definition) is 1. The molecule has 1 unspecified atom stereocenters. The van der Waals surface area contributed by atoms with Crippen molar-refractivity contribution in [1.29, 1.82) is 0 Å². The van der Waals surface area contributed by atoms with E-state index < -0.39 is 0 Å². The van der Waals surface area contributed by atoms with Crippen molar-refractivity contribution in [3.05, 3.63) is 0 Å². The molecule has 3 atom stereocenters. The molecule has 1 aliphatic carbocycles. The molecule has 0 radical (unpaired) electrons. The van der Waals surface area contributed by atoms with Gasteiger partial charge in [0.1, 0.15) is 0 Å². The number of hydrogen-bond donors (Lipinski definition) is 1. The molecular weight excluding hydrogens is 196 g/mol. The Hall–Kier alpha value is -0.0400. The lowest BCUT2D eigenvalue weighted by molar-refractivity contribution is 0.0683. The van der Waals surface area contributed by atoms with Crippen LogP contribution in [0.1, 0.15) is 72.6 Å². The Balaban J connectivity index is 2.38. The molecule has 1 rings (SSSR count). The van der Waals surface area contributed by atoms with Crippen LogP contribution in [0.4, 0.5) is 0 Å². The molecule has 1 saturated carbocycles. The number of aliphatic hydroxyl groups is 1. The summed E-state index contributed by atoms with van der Waals surface area (Å²) < 4.78 is 0. The molecule has 0 aromatic heterocycles. The van der Waals surface area contributed by atoms with E-state index in [4.69, 9.17) is 0 Å². The summed E-state index contributed by atoms with van der Waals surface area (Å²) in [5, 5.41) is 9.58. The van der Waals surface area contributed by atoms with Gasteiger partial charge in [0.25, 0.3) is 0 Å². The maximum atomic E-state index is 9.58. The highest BCUT2D eigenvalue weighted by molar-refractivity contribution is 4.86. The molecule has 0 aliphatic heterocycles. The molecule has 1 N–H and O–H groups in total. The average molecular weight is 226 g/mol. The third-order valence-electron chi connectivity index (χ3n) is 4.69. The van der Waals surface area contributed by atoms with E-state index in [1.54, 1.807) is 0 Å². The Morgan fingerprint density at radius 2 is 2.06 bits per heavy atom. The van der Waals surface area contributed by atoms with Crippen LogP contribution in [0, 0.1) is 17.3 Å². The summed E-state index contributed by atoms with van der Waals surface area (Å²) >= 11 is 0. The highest BCUT2D eigenvalue weighted by Crippen LogP contribution is 2.46. The predicted molar refractivity (Wildman–Crippen MR) is 70.4 cm³/mol. The molecule has 0 aromatic carbocycles. The molecule has 0 heterocycles. The average Bonchev–Trinajstić information content (AvgIpc) is 2.21. The Kier molecular flexibility index (Phi) is 5.30. The Labute approximate surface area is 102 Å². The predicted octanol–water partition coefficient (Wildman–Crippen LogP) is 4.39. The van der Waals surface area contributed by atoms with Crippen LogP contribution in [0.15, 0.2) is 0 Å². The molecule has 0 aromatic rings. The molecule has 0 spiro atoms. The Morgan fingerprint density at radius 1 is 1.38 bits per heavy atom. The van der Waals surface area contributed by atoms with E-state index in [1.165, 1.54) is 32.1 Å². The van der Waals surface area contributed by atoms with Crippen molar-refractivity contribution in [3.63, 3.8) is 0 Å². The summed E-state index contributed by atoms with van der Waals surface area (Å²) in [4.78, 5) is 0. The van der Waals surface area contributed by atoms with E-state index in [-0.39, 0.29) is 6.10 Å². The Bertz CT molecular complexity index is 198. The van der Waals surface area contributed by atoms with Crippen LogP contribution in [-0.2, 0) is 0 Å². The van der Waals surface area contributed by atoms with Crippen molar-refractivity contribution >= 4 is 0 Å². The minimum atomic E-state index is -0.0676. The third-order valence-corrected chi connectivity index (χ3v) is 4.69. The van der Waals surface area contributed by atoms with Gasteiger partial charge in [-0.05, 0) is 42.9 Å². The van der Waals surface area contributed by atoms with E-state index in [2.05, 4.69) is 27.7 Å². The van der Waals surface area contributed by atoms with E-state index >= 15 is 0 Å². The lowest BCUT2D eigenvalue weighted by Crippen LogP contribution is -2.33. The maximum Gasteiger partial charge on any atom is 0.0537 e. The lowest BCUT2D eigenvalue weighted by Gasteiger charge is -2.43. The first-order valence-corrected chi connectivity index (χ1v) is 7.15. The molecule has 16 heavy (non-hydrogen) atoms. The van der Waals surface area contributed by atoms with Gasteiger partial charge in [-0.1, -0.05) is 47.0 Å². The van der Waals surface area contributed by atoms with Crippen molar-refractivity contribution in [2.75, 3.05) is 0 Å². The summed E-state index contributed by atoms with van der Waals surface area (Å²) in [5.41, 5.74) is 0.523. The second-order valence-corrected chi connectivity index (χ2v) is 6.46. The fourth-order valence-corrected chi connectivity index (χ4v) is 3.49. The van der Waals surface area contributed by atoms with Crippen LogP contribution in [-0.4, -0.2) is 11.2 Å². The normalized spacial score (nSPS) is 31.3. The van der Waals surface area contributed by atoms with E-state index in [9.17, 15) is 5.11 Å². The molecular formula is C15H30O. The molecule has 1 fully saturated rings. The number of rotatable bonds is 5. The highest BCUT2D eigenvalue weighted by atomic mass is 16.3. The van der Waals surface area contributed by atoms with Crippen molar-refractivity contribution < 1.29 is 5.11 Å². The van der Waals surface area contributed by atoms with Gasteiger partial charge < -0.3 is 5.11 Å². The standard InChI is InChI=1S/C15H30O/c1-5-13(16)9-6-10-14-12(2)8-7-11-15(14,3)4/h12-14,16H,5-11H2,1-4H3/t12-,13?,14+/m0/s1. The summed E-state index contributed by atoms with van der Waals surface area (Å²) in [6, 6.07) is 0. The minimum Gasteiger partial charge on any atom is -0.393 e. The summed E-state index contributed by atoms with van der Waals surface area (Å²) in [5.74, 6) is 1.74. The summed E-state index contributed by atoms with van der Waals surface area (Å²) in [6.45, 7) is 9.35. The second kappa shape index (κ2) is 6.05. The van der Waals surface area contributed by atoms with E-state index in [1.807, 2.05) is 0 Å². The van der Waals surface area contributed by atoms with Crippen LogP contribution in [0.3, 0.4) is 0 Å². The van der Waals surface area contributed by atoms with E-state index in [0.29, 0.717) is 5.41 Å². The topological polar surface area (TPSA) is 20.2 Å². The van der Waals surface area contributed by atoms with Crippen molar-refractivity contribution in [2.45, 2.75) is 78.7 Å². The fourth-order valence-electron chi connectivity index (χ4n) is 3.49.